The van der Waals surface area contributed by atoms with Gasteiger partial charge in [0.05, 0.1) is 6.04 Å². The molecule has 1 aromatic carbocycles. The fourth-order valence-corrected chi connectivity index (χ4v) is 1.87. The number of carbonyl (C=O) groups excluding carboxylic acids is 1. The average Bonchev–Trinajstić information content (AvgIpc) is 2.74. The highest BCUT2D eigenvalue weighted by atomic mass is 16.6. The summed E-state index contributed by atoms with van der Waals surface area (Å²) in [5.41, 5.74) is 2.06. The minimum atomic E-state index is -0.253. The molecule has 0 spiro atoms. The van der Waals surface area contributed by atoms with Crippen LogP contribution in [0.4, 0.5) is 4.79 Å². The van der Waals surface area contributed by atoms with E-state index in [1.807, 2.05) is 51.1 Å². The zero-order valence-corrected chi connectivity index (χ0v) is 11.3. The average molecular weight is 247 g/mol. The van der Waals surface area contributed by atoms with Crippen molar-refractivity contribution in [2.24, 2.45) is 0 Å². The van der Waals surface area contributed by atoms with Crippen LogP contribution in [0.1, 0.15) is 32.4 Å². The molecule has 2 rings (SSSR count). The molecule has 3 nitrogen and oxygen atoms in total. The van der Waals surface area contributed by atoms with Gasteiger partial charge in [-0.25, -0.2) is 4.79 Å². The second kappa shape index (κ2) is 6.84. The molecule has 0 radical (unpaired) electrons. The van der Waals surface area contributed by atoms with Crippen LogP contribution < -0.4 is 0 Å². The van der Waals surface area contributed by atoms with E-state index in [9.17, 15) is 4.79 Å². The Hall–Kier alpha value is -1.77. The predicted octanol–water partition coefficient (Wildman–Crippen LogP) is 3.78. The topological polar surface area (TPSA) is 29.5 Å². The molecule has 3 heteroatoms. The predicted molar refractivity (Wildman–Crippen MR) is 73.4 cm³/mol. The maximum atomic E-state index is 11.6. The van der Waals surface area contributed by atoms with E-state index in [0.29, 0.717) is 13.2 Å². The largest absolute Gasteiger partial charge is 0.447 e. The third-order valence-corrected chi connectivity index (χ3v) is 2.60. The van der Waals surface area contributed by atoms with Crippen molar-refractivity contribution in [1.82, 2.24) is 4.90 Å². The lowest BCUT2D eigenvalue weighted by Gasteiger charge is -2.21. The van der Waals surface area contributed by atoms with Gasteiger partial charge in [-0.15, -0.1) is 0 Å². The molecular formula is C15H21NO2. The van der Waals surface area contributed by atoms with Crippen LogP contribution in [0.3, 0.4) is 0 Å². The number of nitrogens with zero attached hydrogens (tertiary/aromatic N) is 1. The first-order valence-electron chi connectivity index (χ1n) is 6.31. The van der Waals surface area contributed by atoms with E-state index < -0.39 is 0 Å². The van der Waals surface area contributed by atoms with Gasteiger partial charge in [0.15, 0.2) is 0 Å². The molecule has 1 aliphatic rings. The van der Waals surface area contributed by atoms with Crippen molar-refractivity contribution < 1.29 is 9.53 Å². The van der Waals surface area contributed by atoms with Gasteiger partial charge in [-0.3, -0.25) is 4.90 Å². The fraction of sp³-hybridized carbons (Fsp3) is 0.400. The molecule has 1 heterocycles. The second-order valence-corrected chi connectivity index (χ2v) is 4.09. The first-order valence-corrected chi connectivity index (χ1v) is 6.31. The lowest BCUT2D eigenvalue weighted by Crippen LogP contribution is -2.29. The Kier molecular flexibility index (Phi) is 5.43. The quantitative estimate of drug-likeness (QED) is 0.761. The number of carbonyl (C=O) groups is 1. The fourth-order valence-electron chi connectivity index (χ4n) is 1.87. The van der Waals surface area contributed by atoms with E-state index in [0.717, 1.165) is 11.1 Å². The van der Waals surface area contributed by atoms with Gasteiger partial charge in [-0.05, 0) is 12.5 Å². The summed E-state index contributed by atoms with van der Waals surface area (Å²) in [5.74, 6) is 0. The van der Waals surface area contributed by atoms with Crippen LogP contribution in [-0.4, -0.2) is 24.1 Å². The highest BCUT2D eigenvalue weighted by Gasteiger charge is 2.33. The number of hydrogen-bond donors (Lipinski definition) is 0. The number of rotatable bonds is 3. The van der Waals surface area contributed by atoms with Crippen LogP contribution in [0.5, 0.6) is 0 Å². The van der Waals surface area contributed by atoms with Gasteiger partial charge in [0.1, 0.15) is 6.61 Å². The van der Waals surface area contributed by atoms with E-state index in [2.05, 4.69) is 6.58 Å². The summed E-state index contributed by atoms with van der Waals surface area (Å²) in [6.07, 6.45) is -0.253. The minimum absolute atomic E-state index is 0.0189. The Morgan fingerprint density at radius 3 is 2.56 bits per heavy atom. The maximum absolute atomic E-state index is 11.6. The molecule has 1 saturated heterocycles. The molecule has 1 fully saturated rings. The van der Waals surface area contributed by atoms with E-state index >= 15 is 0 Å². The number of hydrogen-bond acceptors (Lipinski definition) is 2. The van der Waals surface area contributed by atoms with Gasteiger partial charge in [-0.1, -0.05) is 56.3 Å². The van der Waals surface area contributed by atoms with Gasteiger partial charge in [-0.2, -0.15) is 0 Å². The summed E-state index contributed by atoms with van der Waals surface area (Å²) >= 11 is 0. The summed E-state index contributed by atoms with van der Waals surface area (Å²) in [6.45, 7) is 10.7. The van der Waals surface area contributed by atoms with Crippen molar-refractivity contribution in [3.63, 3.8) is 0 Å². The molecule has 0 aromatic heterocycles. The second-order valence-electron chi connectivity index (χ2n) is 4.09. The molecule has 0 bridgehead atoms. The van der Waals surface area contributed by atoms with E-state index in [1.165, 1.54) is 0 Å². The summed E-state index contributed by atoms with van der Waals surface area (Å²) in [7, 11) is 0. The molecule has 0 saturated carbocycles. The molecule has 98 valence electrons. The third kappa shape index (κ3) is 3.36. The molecule has 18 heavy (non-hydrogen) atoms. The number of cyclic esters (lactones) is 1. The Labute approximate surface area is 109 Å². The smallest absolute Gasteiger partial charge is 0.410 e. The standard InChI is InChI=1S/C13H15NO2.C2H6/c1-10(2)8-14-12(9-16-13(14)15)11-6-4-3-5-7-11;1-2/h3-7,12H,1,8-9H2,2H3;1-2H3/t12-;/m1./s1. The van der Waals surface area contributed by atoms with Crippen molar-refractivity contribution in [1.29, 1.82) is 0 Å². The van der Waals surface area contributed by atoms with Gasteiger partial charge < -0.3 is 4.74 Å². The molecule has 1 aliphatic heterocycles. The van der Waals surface area contributed by atoms with Gasteiger partial charge >= 0.3 is 6.09 Å². The zero-order valence-electron chi connectivity index (χ0n) is 11.3. The summed E-state index contributed by atoms with van der Waals surface area (Å²) in [6, 6.07) is 9.94. The highest BCUT2D eigenvalue weighted by Crippen LogP contribution is 2.27. The van der Waals surface area contributed by atoms with Crippen LogP contribution in [0.25, 0.3) is 0 Å². The van der Waals surface area contributed by atoms with Crippen LogP contribution >= 0.6 is 0 Å². The minimum Gasteiger partial charge on any atom is -0.447 e. The van der Waals surface area contributed by atoms with Crippen molar-refractivity contribution in [3.8, 4) is 0 Å². The SMILES string of the molecule is C=C(C)CN1C(=O)OC[C@@H]1c1ccccc1.CC. The molecule has 1 atom stereocenters. The number of amides is 1. The van der Waals surface area contributed by atoms with Crippen LogP contribution in [0, 0.1) is 0 Å². The summed E-state index contributed by atoms with van der Waals surface area (Å²) < 4.78 is 5.08. The van der Waals surface area contributed by atoms with Crippen molar-refractivity contribution in [3.05, 3.63) is 48.0 Å². The normalized spacial score (nSPS) is 17.8. The highest BCUT2D eigenvalue weighted by molar-refractivity contribution is 5.71. The molecular weight excluding hydrogens is 226 g/mol. The Bertz CT molecular complexity index is 400. The van der Waals surface area contributed by atoms with Crippen LogP contribution in [0.2, 0.25) is 0 Å². The number of benzene rings is 1. The Balaban J connectivity index is 0.000000771. The maximum Gasteiger partial charge on any atom is 0.410 e. The molecule has 0 unspecified atom stereocenters. The summed E-state index contributed by atoms with van der Waals surface area (Å²) in [4.78, 5) is 13.3. The Morgan fingerprint density at radius 1 is 1.39 bits per heavy atom. The zero-order chi connectivity index (χ0) is 13.5. The van der Waals surface area contributed by atoms with Crippen LogP contribution in [0.15, 0.2) is 42.5 Å². The lowest BCUT2D eigenvalue weighted by molar-refractivity contribution is 0.160. The number of ether oxygens (including phenoxy) is 1. The van der Waals surface area contributed by atoms with E-state index in [-0.39, 0.29) is 12.1 Å². The molecule has 1 aromatic rings. The summed E-state index contributed by atoms with van der Waals surface area (Å²) in [5, 5.41) is 0. The van der Waals surface area contributed by atoms with Crippen molar-refractivity contribution >= 4 is 6.09 Å². The van der Waals surface area contributed by atoms with Crippen molar-refractivity contribution in [2.75, 3.05) is 13.2 Å². The van der Waals surface area contributed by atoms with Gasteiger partial charge in [0, 0.05) is 6.54 Å². The van der Waals surface area contributed by atoms with E-state index in [4.69, 9.17) is 4.74 Å². The molecule has 0 aliphatic carbocycles. The van der Waals surface area contributed by atoms with Crippen LogP contribution in [-0.2, 0) is 4.74 Å². The van der Waals surface area contributed by atoms with Gasteiger partial charge in [0.25, 0.3) is 0 Å². The van der Waals surface area contributed by atoms with Gasteiger partial charge in [0.2, 0.25) is 0 Å². The monoisotopic (exact) mass is 247 g/mol. The molecule has 0 N–H and O–H groups in total. The van der Waals surface area contributed by atoms with E-state index in [1.54, 1.807) is 4.90 Å². The molecule has 1 amide bonds. The first-order chi connectivity index (χ1) is 8.68. The third-order valence-electron chi connectivity index (χ3n) is 2.60. The lowest BCUT2D eigenvalue weighted by atomic mass is 10.1. The van der Waals surface area contributed by atoms with Crippen molar-refractivity contribution in [2.45, 2.75) is 26.8 Å². The first kappa shape index (κ1) is 14.3. The Morgan fingerprint density at radius 2 is 2.00 bits per heavy atom.